The van der Waals surface area contributed by atoms with Crippen molar-refractivity contribution in [1.29, 1.82) is 0 Å². The number of carbonyl (C=O) groups excluding carboxylic acids is 1. The van der Waals surface area contributed by atoms with Gasteiger partial charge in [0.25, 0.3) is 5.56 Å². The second-order valence-electron chi connectivity index (χ2n) is 4.66. The van der Waals surface area contributed by atoms with Gasteiger partial charge in [0.05, 0.1) is 23.3 Å². The predicted octanol–water partition coefficient (Wildman–Crippen LogP) is 2.99. The number of aromatic amines is 1. The molecular formula is C16H14N2O4S. The van der Waals surface area contributed by atoms with Crippen molar-refractivity contribution in [2.24, 2.45) is 0 Å². The van der Waals surface area contributed by atoms with Gasteiger partial charge in [0.1, 0.15) is 5.76 Å². The van der Waals surface area contributed by atoms with Crippen molar-refractivity contribution in [3.63, 3.8) is 0 Å². The molecule has 0 atom stereocenters. The van der Waals surface area contributed by atoms with Gasteiger partial charge in [-0.05, 0) is 31.2 Å². The molecule has 0 spiro atoms. The van der Waals surface area contributed by atoms with Crippen LogP contribution in [0.1, 0.15) is 23.2 Å². The molecule has 0 saturated heterocycles. The molecule has 3 rings (SSSR count). The average molecular weight is 330 g/mol. The first-order valence-electron chi connectivity index (χ1n) is 7.05. The summed E-state index contributed by atoms with van der Waals surface area (Å²) in [5.41, 5.74) is 0.468. The third-order valence-electron chi connectivity index (χ3n) is 3.08. The van der Waals surface area contributed by atoms with Crippen molar-refractivity contribution < 1.29 is 13.9 Å². The molecule has 2 aromatic heterocycles. The fraction of sp³-hybridized carbons (Fsp3) is 0.188. The van der Waals surface area contributed by atoms with E-state index in [0.717, 1.165) is 0 Å². The van der Waals surface area contributed by atoms with Crippen LogP contribution in [0.3, 0.4) is 0 Å². The number of rotatable bonds is 5. The highest BCUT2D eigenvalue weighted by Crippen LogP contribution is 2.21. The molecule has 0 bridgehead atoms. The van der Waals surface area contributed by atoms with Crippen LogP contribution < -0.4 is 5.56 Å². The van der Waals surface area contributed by atoms with Gasteiger partial charge in [-0.25, -0.2) is 9.78 Å². The van der Waals surface area contributed by atoms with Crippen LogP contribution in [0.5, 0.6) is 0 Å². The molecule has 0 saturated carbocycles. The Bertz CT molecular complexity index is 900. The van der Waals surface area contributed by atoms with E-state index in [1.165, 1.54) is 11.8 Å². The summed E-state index contributed by atoms with van der Waals surface area (Å²) < 4.78 is 10.3. The molecular weight excluding hydrogens is 316 g/mol. The molecule has 0 radical (unpaired) electrons. The Morgan fingerprint density at radius 3 is 2.96 bits per heavy atom. The van der Waals surface area contributed by atoms with E-state index in [9.17, 15) is 9.59 Å². The molecule has 1 N–H and O–H groups in total. The molecule has 118 valence electrons. The molecule has 0 fully saturated rings. The zero-order chi connectivity index (χ0) is 16.2. The Labute approximate surface area is 135 Å². The maximum atomic E-state index is 12.0. The number of hydrogen-bond donors (Lipinski definition) is 1. The van der Waals surface area contributed by atoms with E-state index in [2.05, 4.69) is 9.97 Å². The monoisotopic (exact) mass is 330 g/mol. The molecule has 0 amide bonds. The van der Waals surface area contributed by atoms with Crippen LogP contribution in [0.15, 0.2) is 50.8 Å². The average Bonchev–Trinajstić information content (AvgIpc) is 3.02. The Balaban J connectivity index is 1.74. The first kappa shape index (κ1) is 15.4. The highest BCUT2D eigenvalue weighted by atomic mass is 32.2. The molecule has 0 unspecified atom stereocenters. The lowest BCUT2D eigenvalue weighted by Crippen LogP contribution is -2.08. The van der Waals surface area contributed by atoms with Crippen LogP contribution >= 0.6 is 11.8 Å². The number of furan rings is 1. The molecule has 23 heavy (non-hydrogen) atoms. The summed E-state index contributed by atoms with van der Waals surface area (Å²) in [4.78, 5) is 30.7. The number of benzene rings is 1. The minimum atomic E-state index is -0.485. The summed E-state index contributed by atoms with van der Waals surface area (Å²) in [5, 5.41) is 1.06. The summed E-state index contributed by atoms with van der Waals surface area (Å²) >= 11 is 1.33. The fourth-order valence-electron chi connectivity index (χ4n) is 2.04. The van der Waals surface area contributed by atoms with Crippen LogP contribution in [0.4, 0.5) is 0 Å². The van der Waals surface area contributed by atoms with E-state index in [-0.39, 0.29) is 11.3 Å². The van der Waals surface area contributed by atoms with E-state index < -0.39 is 5.97 Å². The zero-order valence-corrected chi connectivity index (χ0v) is 13.2. The second kappa shape index (κ2) is 6.70. The number of hydrogen-bond acceptors (Lipinski definition) is 6. The highest BCUT2D eigenvalue weighted by Gasteiger charge is 2.12. The lowest BCUT2D eigenvalue weighted by atomic mass is 10.2. The third-order valence-corrected chi connectivity index (χ3v) is 3.98. The van der Waals surface area contributed by atoms with Crippen LogP contribution in [0.2, 0.25) is 0 Å². The summed E-state index contributed by atoms with van der Waals surface area (Å²) in [6, 6.07) is 10.4. The van der Waals surface area contributed by atoms with Gasteiger partial charge in [-0.15, -0.1) is 0 Å². The highest BCUT2D eigenvalue weighted by molar-refractivity contribution is 7.98. The first-order valence-corrected chi connectivity index (χ1v) is 8.03. The fourth-order valence-corrected chi connectivity index (χ4v) is 2.80. The van der Waals surface area contributed by atoms with Crippen LogP contribution in [0, 0.1) is 0 Å². The van der Waals surface area contributed by atoms with Gasteiger partial charge in [-0.3, -0.25) is 4.79 Å². The minimum absolute atomic E-state index is 0.169. The third kappa shape index (κ3) is 3.45. The zero-order valence-electron chi connectivity index (χ0n) is 12.4. The van der Waals surface area contributed by atoms with E-state index in [1.807, 2.05) is 6.07 Å². The Morgan fingerprint density at radius 2 is 2.13 bits per heavy atom. The number of carbonyl (C=O) groups is 1. The number of fused-ring (bicyclic) bond motifs is 1. The number of H-pyrrole nitrogens is 1. The largest absolute Gasteiger partial charge is 0.460 e. The van der Waals surface area contributed by atoms with Crippen LogP contribution in [-0.4, -0.2) is 22.5 Å². The number of esters is 1. The number of nitrogens with zero attached hydrogens (tertiary/aromatic N) is 1. The van der Waals surface area contributed by atoms with Crippen LogP contribution in [-0.2, 0) is 10.5 Å². The Kier molecular flexibility index (Phi) is 4.47. The summed E-state index contributed by atoms with van der Waals surface area (Å²) in [7, 11) is 0. The molecule has 0 aliphatic rings. The molecule has 0 aliphatic carbocycles. The van der Waals surface area contributed by atoms with Crippen molar-refractivity contribution >= 4 is 28.6 Å². The summed E-state index contributed by atoms with van der Waals surface area (Å²) in [6.45, 7) is 2.03. The predicted molar refractivity (Wildman–Crippen MR) is 86.6 cm³/mol. The molecule has 7 heteroatoms. The van der Waals surface area contributed by atoms with Crippen molar-refractivity contribution in [2.45, 2.75) is 17.8 Å². The summed E-state index contributed by atoms with van der Waals surface area (Å²) in [6.07, 6.45) is 0. The number of nitrogens with one attached hydrogen (secondary N) is 1. The van der Waals surface area contributed by atoms with Gasteiger partial charge in [0.15, 0.2) is 5.16 Å². The molecule has 2 heterocycles. The van der Waals surface area contributed by atoms with Gasteiger partial charge in [-0.1, -0.05) is 23.9 Å². The van der Waals surface area contributed by atoms with Gasteiger partial charge >= 0.3 is 5.97 Å². The van der Waals surface area contributed by atoms with Gasteiger partial charge in [0.2, 0.25) is 5.76 Å². The maximum absolute atomic E-state index is 12.0. The van der Waals surface area contributed by atoms with Crippen molar-refractivity contribution in [1.82, 2.24) is 9.97 Å². The van der Waals surface area contributed by atoms with Crippen molar-refractivity contribution in [2.75, 3.05) is 6.61 Å². The molecule has 6 nitrogen and oxygen atoms in total. The summed E-state index contributed by atoms with van der Waals surface area (Å²) in [5.74, 6) is 0.734. The van der Waals surface area contributed by atoms with Gasteiger partial charge < -0.3 is 14.1 Å². The van der Waals surface area contributed by atoms with Crippen molar-refractivity contribution in [3.05, 3.63) is 58.3 Å². The Morgan fingerprint density at radius 1 is 1.30 bits per heavy atom. The van der Waals surface area contributed by atoms with E-state index in [4.69, 9.17) is 9.15 Å². The van der Waals surface area contributed by atoms with E-state index in [0.29, 0.717) is 34.2 Å². The minimum Gasteiger partial charge on any atom is -0.460 e. The first-order chi connectivity index (χ1) is 11.2. The maximum Gasteiger partial charge on any atom is 0.374 e. The second-order valence-corrected chi connectivity index (χ2v) is 5.63. The number of thioether (sulfide) groups is 1. The molecule has 3 aromatic rings. The van der Waals surface area contributed by atoms with Crippen molar-refractivity contribution in [3.8, 4) is 0 Å². The number of para-hydroxylation sites is 1. The SMILES string of the molecule is CCOC(=O)c1ccc(CSc2nc3ccccc3c(=O)[nH]2)o1. The topological polar surface area (TPSA) is 85.2 Å². The standard InChI is InChI=1S/C16H14N2O4S/c1-2-21-15(20)13-8-7-10(22-13)9-23-16-17-12-6-4-3-5-11(12)14(19)18-16/h3-8H,2,9H2,1H3,(H,17,18,19). The molecule has 0 aliphatic heterocycles. The molecule has 1 aromatic carbocycles. The lowest BCUT2D eigenvalue weighted by Gasteiger charge is -2.01. The van der Waals surface area contributed by atoms with E-state index >= 15 is 0 Å². The number of ether oxygens (including phenoxy) is 1. The quantitative estimate of drug-likeness (QED) is 0.440. The van der Waals surface area contributed by atoms with E-state index in [1.54, 1.807) is 37.3 Å². The van der Waals surface area contributed by atoms with Gasteiger partial charge in [0, 0.05) is 0 Å². The lowest BCUT2D eigenvalue weighted by molar-refractivity contribution is 0.0488. The Hall–Kier alpha value is -2.54. The van der Waals surface area contributed by atoms with Crippen LogP contribution in [0.25, 0.3) is 10.9 Å². The smallest absolute Gasteiger partial charge is 0.374 e. The van der Waals surface area contributed by atoms with Gasteiger partial charge in [-0.2, -0.15) is 0 Å². The normalized spacial score (nSPS) is 10.8. The number of aromatic nitrogens is 2.